The van der Waals surface area contributed by atoms with Crippen molar-refractivity contribution in [2.45, 2.75) is 12.8 Å². The van der Waals surface area contributed by atoms with E-state index in [1.165, 1.54) is 12.1 Å². The van der Waals surface area contributed by atoms with Gasteiger partial charge in [0.15, 0.2) is 5.78 Å². The van der Waals surface area contributed by atoms with Crippen molar-refractivity contribution >= 4 is 35.1 Å². The Morgan fingerprint density at radius 1 is 1.21 bits per heavy atom. The summed E-state index contributed by atoms with van der Waals surface area (Å²) in [5.41, 5.74) is 2.00. The number of halogens is 1. The van der Waals surface area contributed by atoms with Crippen LogP contribution in [0.1, 0.15) is 28.8 Å². The highest BCUT2D eigenvalue weighted by molar-refractivity contribution is 6.32. The summed E-state index contributed by atoms with van der Waals surface area (Å²) < 4.78 is 0. The van der Waals surface area contributed by atoms with Crippen LogP contribution in [-0.4, -0.2) is 23.3 Å². The molecular formula is C19H16ClNO3. The monoisotopic (exact) mass is 341 g/mol. The van der Waals surface area contributed by atoms with Crippen LogP contribution in [0.15, 0.2) is 48.5 Å². The Hall–Kier alpha value is -2.59. The highest BCUT2D eigenvalue weighted by Crippen LogP contribution is 2.25. The maximum atomic E-state index is 12.3. The first-order valence-electron chi connectivity index (χ1n) is 7.66. The van der Waals surface area contributed by atoms with Gasteiger partial charge in [-0.25, -0.2) is 0 Å². The molecule has 1 saturated heterocycles. The zero-order valence-corrected chi connectivity index (χ0v) is 13.7. The highest BCUT2D eigenvalue weighted by atomic mass is 35.5. The number of nitrogens with zero attached hydrogens (tertiary/aromatic N) is 1. The molecule has 0 radical (unpaired) electrons. The first-order chi connectivity index (χ1) is 11.5. The number of amides is 1. The van der Waals surface area contributed by atoms with Crippen LogP contribution in [0.5, 0.6) is 5.75 Å². The van der Waals surface area contributed by atoms with E-state index in [0.29, 0.717) is 18.5 Å². The normalized spacial score (nSPS) is 14.5. The van der Waals surface area contributed by atoms with E-state index in [1.807, 2.05) is 6.07 Å². The molecule has 5 heteroatoms. The van der Waals surface area contributed by atoms with Gasteiger partial charge in [0.1, 0.15) is 5.75 Å². The van der Waals surface area contributed by atoms with Gasteiger partial charge in [0.2, 0.25) is 5.91 Å². The van der Waals surface area contributed by atoms with Gasteiger partial charge < -0.3 is 10.0 Å². The lowest BCUT2D eigenvalue weighted by Gasteiger charge is -2.16. The molecule has 24 heavy (non-hydrogen) atoms. The van der Waals surface area contributed by atoms with Gasteiger partial charge in [-0.2, -0.15) is 0 Å². The fourth-order valence-corrected chi connectivity index (χ4v) is 2.83. The number of anilines is 1. The van der Waals surface area contributed by atoms with Gasteiger partial charge in [-0.15, -0.1) is 0 Å². The van der Waals surface area contributed by atoms with Crippen molar-refractivity contribution in [1.82, 2.24) is 0 Å². The van der Waals surface area contributed by atoms with E-state index in [0.717, 1.165) is 17.7 Å². The smallest absolute Gasteiger partial charge is 0.227 e. The van der Waals surface area contributed by atoms with Crippen molar-refractivity contribution < 1.29 is 14.7 Å². The van der Waals surface area contributed by atoms with Gasteiger partial charge in [-0.05, 0) is 42.3 Å². The van der Waals surface area contributed by atoms with Crippen LogP contribution in [0, 0.1) is 0 Å². The summed E-state index contributed by atoms with van der Waals surface area (Å²) >= 11 is 5.85. The van der Waals surface area contributed by atoms with Crippen LogP contribution < -0.4 is 4.90 Å². The standard InChI is InChI=1S/C19H16ClNO3/c20-16-11-13(7-9-18(16)23)6-8-17(22)14-3-1-4-15(12-14)21-10-2-5-19(21)24/h1,3-4,6-9,11-12,23H,2,5,10H2/b8-6+. The summed E-state index contributed by atoms with van der Waals surface area (Å²) in [6.07, 6.45) is 4.49. The van der Waals surface area contributed by atoms with Crippen LogP contribution >= 0.6 is 11.6 Å². The van der Waals surface area contributed by atoms with Crippen molar-refractivity contribution in [2.24, 2.45) is 0 Å². The minimum absolute atomic E-state index is 0.00289. The van der Waals surface area contributed by atoms with E-state index in [4.69, 9.17) is 11.6 Å². The first kappa shape index (κ1) is 16.3. The molecule has 0 spiro atoms. The summed E-state index contributed by atoms with van der Waals surface area (Å²) in [5, 5.41) is 9.64. The second-order valence-corrected chi connectivity index (χ2v) is 6.01. The molecule has 0 saturated carbocycles. The van der Waals surface area contributed by atoms with E-state index < -0.39 is 0 Å². The maximum Gasteiger partial charge on any atom is 0.227 e. The van der Waals surface area contributed by atoms with Crippen LogP contribution in [0.2, 0.25) is 5.02 Å². The lowest BCUT2D eigenvalue weighted by Crippen LogP contribution is -2.23. The number of rotatable bonds is 4. The number of hydrogen-bond acceptors (Lipinski definition) is 3. The van der Waals surface area contributed by atoms with Crippen molar-refractivity contribution in [2.75, 3.05) is 11.4 Å². The molecule has 1 aliphatic heterocycles. The van der Waals surface area contributed by atoms with E-state index in [1.54, 1.807) is 41.3 Å². The number of carbonyl (C=O) groups excluding carboxylic acids is 2. The molecule has 1 amide bonds. The van der Waals surface area contributed by atoms with E-state index in [9.17, 15) is 14.7 Å². The van der Waals surface area contributed by atoms with Gasteiger partial charge in [0, 0.05) is 24.2 Å². The number of carbonyl (C=O) groups is 2. The predicted octanol–water partition coefficient (Wildman–Crippen LogP) is 4.07. The third kappa shape index (κ3) is 3.49. The second-order valence-electron chi connectivity index (χ2n) is 5.61. The molecule has 4 nitrogen and oxygen atoms in total. The Kier molecular flexibility index (Phi) is 4.67. The van der Waals surface area contributed by atoms with E-state index >= 15 is 0 Å². The fourth-order valence-electron chi connectivity index (χ4n) is 2.64. The predicted molar refractivity (Wildman–Crippen MR) is 94.5 cm³/mol. The van der Waals surface area contributed by atoms with Gasteiger partial charge >= 0.3 is 0 Å². The molecule has 0 atom stereocenters. The van der Waals surface area contributed by atoms with Crippen LogP contribution in [-0.2, 0) is 4.79 Å². The lowest BCUT2D eigenvalue weighted by atomic mass is 10.1. The van der Waals surface area contributed by atoms with Gasteiger partial charge in [0.25, 0.3) is 0 Å². The molecule has 2 aromatic carbocycles. The zero-order chi connectivity index (χ0) is 17.1. The van der Waals surface area contributed by atoms with Gasteiger partial charge in [-0.3, -0.25) is 9.59 Å². The summed E-state index contributed by atoms with van der Waals surface area (Å²) in [6, 6.07) is 11.8. The number of ketones is 1. The Morgan fingerprint density at radius 3 is 2.75 bits per heavy atom. The molecular weight excluding hydrogens is 326 g/mol. The number of aromatic hydroxyl groups is 1. The van der Waals surface area contributed by atoms with Crippen molar-refractivity contribution in [3.8, 4) is 5.75 Å². The van der Waals surface area contributed by atoms with Crippen molar-refractivity contribution in [3.63, 3.8) is 0 Å². The molecule has 1 fully saturated rings. The minimum atomic E-state index is -0.160. The Balaban J connectivity index is 1.78. The molecule has 1 aliphatic rings. The van der Waals surface area contributed by atoms with Crippen LogP contribution in [0.25, 0.3) is 6.08 Å². The third-order valence-electron chi connectivity index (χ3n) is 3.91. The first-order valence-corrected chi connectivity index (χ1v) is 8.04. The molecule has 122 valence electrons. The number of hydrogen-bond donors (Lipinski definition) is 1. The molecule has 0 bridgehead atoms. The quantitative estimate of drug-likeness (QED) is 0.673. The molecule has 1 heterocycles. The lowest BCUT2D eigenvalue weighted by molar-refractivity contribution is -0.117. The molecule has 0 unspecified atom stereocenters. The van der Waals surface area contributed by atoms with E-state index in [2.05, 4.69) is 0 Å². The van der Waals surface area contributed by atoms with Crippen molar-refractivity contribution in [1.29, 1.82) is 0 Å². The van der Waals surface area contributed by atoms with Crippen LogP contribution in [0.3, 0.4) is 0 Å². The maximum absolute atomic E-state index is 12.3. The molecule has 0 aromatic heterocycles. The second kappa shape index (κ2) is 6.89. The number of phenolic OH excluding ortho intramolecular Hbond substituents is 1. The number of benzene rings is 2. The van der Waals surface area contributed by atoms with Gasteiger partial charge in [0.05, 0.1) is 5.02 Å². The minimum Gasteiger partial charge on any atom is -0.506 e. The Labute approximate surface area is 145 Å². The fraction of sp³-hybridized carbons (Fsp3) is 0.158. The largest absolute Gasteiger partial charge is 0.506 e. The Morgan fingerprint density at radius 2 is 2.04 bits per heavy atom. The van der Waals surface area contributed by atoms with Crippen molar-refractivity contribution in [3.05, 3.63) is 64.7 Å². The highest BCUT2D eigenvalue weighted by Gasteiger charge is 2.22. The van der Waals surface area contributed by atoms with Gasteiger partial charge in [-0.1, -0.05) is 35.9 Å². The molecule has 2 aromatic rings. The topological polar surface area (TPSA) is 57.6 Å². The summed E-state index contributed by atoms with van der Waals surface area (Å²) in [7, 11) is 0. The average Bonchev–Trinajstić information content (AvgIpc) is 3.02. The summed E-state index contributed by atoms with van der Waals surface area (Å²) in [6.45, 7) is 0.693. The SMILES string of the molecule is O=C(/C=C/c1ccc(O)c(Cl)c1)c1cccc(N2CCCC2=O)c1. The molecule has 0 aliphatic carbocycles. The molecule has 1 N–H and O–H groups in total. The Bertz CT molecular complexity index is 829. The number of phenols is 1. The van der Waals surface area contributed by atoms with E-state index in [-0.39, 0.29) is 22.5 Å². The third-order valence-corrected chi connectivity index (χ3v) is 4.22. The zero-order valence-electron chi connectivity index (χ0n) is 12.9. The summed E-state index contributed by atoms with van der Waals surface area (Å²) in [5.74, 6) is -0.0651. The molecule has 3 rings (SSSR count). The summed E-state index contributed by atoms with van der Waals surface area (Å²) in [4.78, 5) is 25.9. The number of allylic oxidation sites excluding steroid dienone is 1. The average molecular weight is 342 g/mol. The van der Waals surface area contributed by atoms with Crippen LogP contribution in [0.4, 0.5) is 5.69 Å².